The highest BCUT2D eigenvalue weighted by atomic mass is 79.9. The van der Waals surface area contributed by atoms with Crippen molar-refractivity contribution in [3.8, 4) is 0 Å². The Bertz CT molecular complexity index is 1030. The summed E-state index contributed by atoms with van der Waals surface area (Å²) < 4.78 is 0.977. The highest BCUT2D eigenvalue weighted by molar-refractivity contribution is 9.10. The molecule has 3 nitrogen and oxygen atoms in total. The second kappa shape index (κ2) is 8.33. The minimum absolute atomic E-state index is 0.0500. The average Bonchev–Trinajstić information content (AvgIpc) is 3.30. The number of amides is 1. The first-order chi connectivity index (χ1) is 13.5. The van der Waals surface area contributed by atoms with Crippen molar-refractivity contribution in [3.05, 3.63) is 96.6 Å². The van der Waals surface area contributed by atoms with Crippen LogP contribution in [0.1, 0.15) is 17.0 Å². The van der Waals surface area contributed by atoms with E-state index in [4.69, 9.17) is 11.6 Å². The Morgan fingerprint density at radius 3 is 2.54 bits per heavy atom. The summed E-state index contributed by atoms with van der Waals surface area (Å²) in [4.78, 5) is 13.7. The predicted molar refractivity (Wildman–Crippen MR) is 119 cm³/mol. The molecule has 4 rings (SSSR count). The fourth-order valence-electron chi connectivity index (χ4n) is 3.21. The van der Waals surface area contributed by atoms with Gasteiger partial charge in [0.2, 0.25) is 0 Å². The summed E-state index contributed by atoms with van der Waals surface area (Å²) in [6.45, 7) is 0. The lowest BCUT2D eigenvalue weighted by atomic mass is 9.86. The smallest absolute Gasteiger partial charge is 0.262 e. The van der Waals surface area contributed by atoms with Crippen molar-refractivity contribution in [2.45, 2.75) is 16.9 Å². The highest BCUT2D eigenvalue weighted by Crippen LogP contribution is 2.41. The van der Waals surface area contributed by atoms with E-state index < -0.39 is 6.04 Å². The molecule has 142 valence electrons. The van der Waals surface area contributed by atoms with Gasteiger partial charge in [0.15, 0.2) is 0 Å². The van der Waals surface area contributed by atoms with Gasteiger partial charge in [-0.05, 0) is 52.2 Å². The first kappa shape index (κ1) is 19.6. The minimum Gasteiger partial charge on any atom is -0.509 e. The lowest BCUT2D eigenvalue weighted by Gasteiger charge is -2.24. The first-order valence-corrected chi connectivity index (χ1v) is 11.4. The normalized spacial score (nSPS) is 17.6. The number of hydrogen-bond acceptors (Lipinski definition) is 4. The van der Waals surface area contributed by atoms with E-state index in [1.165, 1.54) is 11.8 Å². The van der Waals surface area contributed by atoms with E-state index in [9.17, 15) is 9.90 Å². The number of nitrogens with one attached hydrogen (secondary N) is 1. The van der Waals surface area contributed by atoms with E-state index in [0.717, 1.165) is 20.5 Å². The van der Waals surface area contributed by atoms with Crippen molar-refractivity contribution in [2.24, 2.45) is 0 Å². The van der Waals surface area contributed by atoms with Crippen LogP contribution in [0, 0.1) is 0 Å². The molecular weight excluding hydrogens is 478 g/mol. The number of thiophene rings is 1. The van der Waals surface area contributed by atoms with Crippen molar-refractivity contribution in [1.82, 2.24) is 5.32 Å². The standard InChI is InChI=1S/C21H15BrClNO2S2/c22-14-7-5-12(6-8-14)17(13-9-10-27-11-13)18-19(25)20(21(26)24-18)28-16-4-2-1-3-15(16)23/h1-11,17-18,25H,(H,24,26). The molecule has 0 spiro atoms. The number of benzene rings is 2. The Kier molecular flexibility index (Phi) is 5.83. The van der Waals surface area contributed by atoms with Crippen LogP contribution < -0.4 is 5.32 Å². The quantitative estimate of drug-likeness (QED) is 0.436. The van der Waals surface area contributed by atoms with Crippen LogP contribution in [0.5, 0.6) is 0 Å². The number of aliphatic hydroxyl groups is 1. The molecule has 3 aromatic rings. The molecule has 0 aliphatic carbocycles. The van der Waals surface area contributed by atoms with Crippen LogP contribution in [0.3, 0.4) is 0 Å². The molecule has 2 atom stereocenters. The molecule has 2 aromatic carbocycles. The molecule has 1 aromatic heterocycles. The second-order valence-electron chi connectivity index (χ2n) is 6.28. The summed E-state index contributed by atoms with van der Waals surface area (Å²) in [5.41, 5.74) is 2.07. The molecule has 0 saturated heterocycles. The van der Waals surface area contributed by atoms with Crippen LogP contribution in [0.4, 0.5) is 0 Å². The minimum atomic E-state index is -0.534. The summed E-state index contributed by atoms with van der Waals surface area (Å²) in [6, 6.07) is 16.7. The Balaban J connectivity index is 1.73. The third kappa shape index (κ3) is 3.87. The molecule has 0 saturated carbocycles. The van der Waals surface area contributed by atoms with Crippen LogP contribution in [-0.2, 0) is 4.79 Å². The van der Waals surface area contributed by atoms with Gasteiger partial charge >= 0.3 is 0 Å². The van der Waals surface area contributed by atoms with Crippen LogP contribution in [0.2, 0.25) is 5.02 Å². The van der Waals surface area contributed by atoms with Crippen LogP contribution >= 0.6 is 50.6 Å². The van der Waals surface area contributed by atoms with Gasteiger partial charge < -0.3 is 10.4 Å². The van der Waals surface area contributed by atoms with Crippen LogP contribution in [0.25, 0.3) is 0 Å². The third-order valence-corrected chi connectivity index (χ3v) is 7.38. The maximum atomic E-state index is 12.7. The van der Waals surface area contributed by atoms with Gasteiger partial charge in [0.25, 0.3) is 5.91 Å². The van der Waals surface area contributed by atoms with Gasteiger partial charge in [-0.2, -0.15) is 11.3 Å². The summed E-state index contributed by atoms with van der Waals surface area (Å²) in [5.74, 6) is -0.425. The zero-order valence-corrected chi connectivity index (χ0v) is 18.4. The maximum Gasteiger partial charge on any atom is 0.262 e. The Morgan fingerprint density at radius 2 is 1.86 bits per heavy atom. The molecule has 2 N–H and O–H groups in total. The largest absolute Gasteiger partial charge is 0.509 e. The van der Waals surface area contributed by atoms with Crippen molar-refractivity contribution in [3.63, 3.8) is 0 Å². The Hall–Kier alpha value is -1.73. The molecule has 1 aliphatic rings. The van der Waals surface area contributed by atoms with Crippen LogP contribution in [-0.4, -0.2) is 17.1 Å². The van der Waals surface area contributed by atoms with E-state index in [1.807, 2.05) is 59.3 Å². The van der Waals surface area contributed by atoms with E-state index in [2.05, 4.69) is 21.2 Å². The molecule has 1 aliphatic heterocycles. The fourth-order valence-corrected chi connectivity index (χ4v) is 5.34. The van der Waals surface area contributed by atoms with E-state index in [1.54, 1.807) is 17.4 Å². The van der Waals surface area contributed by atoms with Crippen molar-refractivity contribution >= 4 is 56.5 Å². The molecule has 0 fully saturated rings. The number of rotatable bonds is 5. The first-order valence-electron chi connectivity index (χ1n) is 8.48. The van der Waals surface area contributed by atoms with E-state index in [0.29, 0.717) is 5.02 Å². The predicted octanol–water partition coefficient (Wildman–Crippen LogP) is 6.36. The third-order valence-electron chi connectivity index (χ3n) is 4.53. The Morgan fingerprint density at radius 1 is 1.11 bits per heavy atom. The van der Waals surface area contributed by atoms with Gasteiger partial charge in [0, 0.05) is 15.3 Å². The van der Waals surface area contributed by atoms with Gasteiger partial charge in [-0.25, -0.2) is 0 Å². The molecule has 2 unspecified atom stereocenters. The number of hydrogen-bond donors (Lipinski definition) is 2. The maximum absolute atomic E-state index is 12.7. The second-order valence-corrected chi connectivity index (χ2v) is 9.44. The van der Waals surface area contributed by atoms with Crippen molar-refractivity contribution in [1.29, 1.82) is 0 Å². The molecule has 2 heterocycles. The monoisotopic (exact) mass is 491 g/mol. The van der Waals surface area contributed by atoms with Gasteiger partial charge in [0.05, 0.1) is 11.1 Å². The zero-order chi connectivity index (χ0) is 19.7. The van der Waals surface area contributed by atoms with E-state index in [-0.39, 0.29) is 22.5 Å². The average molecular weight is 493 g/mol. The number of halogens is 2. The topological polar surface area (TPSA) is 49.3 Å². The van der Waals surface area contributed by atoms with E-state index >= 15 is 0 Å². The summed E-state index contributed by atoms with van der Waals surface area (Å²) in [5, 5.41) is 18.5. The number of carbonyl (C=O) groups excluding carboxylic acids is 1. The van der Waals surface area contributed by atoms with Crippen molar-refractivity contribution < 1.29 is 9.90 Å². The van der Waals surface area contributed by atoms with Crippen molar-refractivity contribution in [2.75, 3.05) is 0 Å². The highest BCUT2D eigenvalue weighted by Gasteiger charge is 2.39. The molecular formula is C21H15BrClNO2S2. The lowest BCUT2D eigenvalue weighted by Crippen LogP contribution is -2.35. The summed E-state index contributed by atoms with van der Waals surface area (Å²) in [7, 11) is 0. The number of carbonyl (C=O) groups is 1. The van der Waals surface area contributed by atoms with Gasteiger partial charge in [-0.3, -0.25) is 4.79 Å². The molecule has 7 heteroatoms. The van der Waals surface area contributed by atoms with Crippen LogP contribution in [0.15, 0.2) is 85.4 Å². The number of thioether (sulfide) groups is 1. The zero-order valence-electron chi connectivity index (χ0n) is 14.4. The molecule has 28 heavy (non-hydrogen) atoms. The summed E-state index contributed by atoms with van der Waals surface area (Å²) in [6.07, 6.45) is 0. The molecule has 0 bridgehead atoms. The number of aliphatic hydroxyl groups excluding tert-OH is 1. The fraction of sp³-hybridized carbons (Fsp3) is 0.0952. The molecule has 0 radical (unpaired) electrons. The lowest BCUT2D eigenvalue weighted by molar-refractivity contribution is -0.116. The van der Waals surface area contributed by atoms with Gasteiger partial charge in [-0.15, -0.1) is 0 Å². The molecule has 1 amide bonds. The van der Waals surface area contributed by atoms with Gasteiger partial charge in [0.1, 0.15) is 10.7 Å². The Labute approximate surface area is 184 Å². The van der Waals surface area contributed by atoms with Gasteiger partial charge in [-0.1, -0.05) is 63.6 Å². The SMILES string of the molecule is O=C1NC(C(c2ccc(Br)cc2)c2ccsc2)C(O)=C1Sc1ccccc1Cl. The summed E-state index contributed by atoms with van der Waals surface area (Å²) >= 11 is 12.5.